The number of anilines is 2. The summed E-state index contributed by atoms with van der Waals surface area (Å²) >= 11 is 0. The molecule has 5 nitrogen and oxygen atoms in total. The van der Waals surface area contributed by atoms with Crippen LogP contribution in [0.2, 0.25) is 0 Å². The van der Waals surface area contributed by atoms with Crippen molar-refractivity contribution in [2.75, 3.05) is 11.1 Å². The summed E-state index contributed by atoms with van der Waals surface area (Å²) in [7, 11) is 0. The quantitative estimate of drug-likeness (QED) is 0.859. The number of hydrogen-bond donors (Lipinski definition) is 2. The molecule has 0 saturated heterocycles. The molecule has 0 unspecified atom stereocenters. The first-order chi connectivity index (χ1) is 9.19. The van der Waals surface area contributed by atoms with E-state index in [1.165, 1.54) is 5.56 Å². The smallest absolute Gasteiger partial charge is 0.133 e. The first-order valence-corrected chi connectivity index (χ1v) is 6.46. The largest absolute Gasteiger partial charge is 0.384 e. The highest BCUT2D eigenvalue weighted by atomic mass is 15.0. The van der Waals surface area contributed by atoms with Crippen LogP contribution in [0.4, 0.5) is 11.6 Å². The highest BCUT2D eigenvalue weighted by Gasteiger charge is 2.03. The molecule has 0 aromatic carbocycles. The molecular weight excluding hydrogens is 238 g/mol. The Morgan fingerprint density at radius 1 is 1.32 bits per heavy atom. The van der Waals surface area contributed by atoms with Gasteiger partial charge in [0.2, 0.25) is 0 Å². The second kappa shape index (κ2) is 6.13. The summed E-state index contributed by atoms with van der Waals surface area (Å²) in [5, 5.41) is 3.27. The van der Waals surface area contributed by atoms with E-state index in [2.05, 4.69) is 34.1 Å². The lowest BCUT2D eigenvalue weighted by Gasteiger charge is -2.09. The van der Waals surface area contributed by atoms with Crippen molar-refractivity contribution in [3.8, 4) is 0 Å². The third-order valence-corrected chi connectivity index (χ3v) is 2.87. The molecule has 3 N–H and O–H groups in total. The lowest BCUT2D eigenvalue weighted by Crippen LogP contribution is -2.07. The average Bonchev–Trinajstić information content (AvgIpc) is 2.37. The minimum absolute atomic E-state index is 0.504. The number of pyridine rings is 1. The number of nitrogen functional groups attached to an aromatic ring is 1. The third kappa shape index (κ3) is 3.64. The van der Waals surface area contributed by atoms with Crippen molar-refractivity contribution in [1.82, 2.24) is 15.0 Å². The van der Waals surface area contributed by atoms with Crippen molar-refractivity contribution in [2.45, 2.75) is 33.2 Å². The number of aryl methyl sites for hydroxylation is 2. The molecule has 0 aliphatic carbocycles. The zero-order chi connectivity index (χ0) is 13.7. The Morgan fingerprint density at radius 2 is 2.16 bits per heavy atom. The van der Waals surface area contributed by atoms with E-state index in [-0.39, 0.29) is 0 Å². The molecule has 2 heterocycles. The minimum Gasteiger partial charge on any atom is -0.384 e. The van der Waals surface area contributed by atoms with Gasteiger partial charge in [-0.05, 0) is 30.5 Å². The second-order valence-electron chi connectivity index (χ2n) is 4.50. The molecule has 0 aliphatic heterocycles. The van der Waals surface area contributed by atoms with Gasteiger partial charge in [-0.3, -0.25) is 4.98 Å². The Labute approximate surface area is 113 Å². The summed E-state index contributed by atoms with van der Waals surface area (Å²) in [4.78, 5) is 12.8. The molecule has 0 saturated carbocycles. The van der Waals surface area contributed by atoms with Crippen LogP contribution in [0.1, 0.15) is 30.3 Å². The normalized spacial score (nSPS) is 10.4. The Kier molecular flexibility index (Phi) is 4.28. The summed E-state index contributed by atoms with van der Waals surface area (Å²) in [6.45, 7) is 4.84. The van der Waals surface area contributed by atoms with Gasteiger partial charge in [-0.15, -0.1) is 0 Å². The first kappa shape index (κ1) is 13.3. The number of nitrogens with two attached hydrogens (primary N) is 1. The summed E-state index contributed by atoms with van der Waals surface area (Å²) in [5.41, 5.74) is 8.14. The Balaban J connectivity index is 2.09. The van der Waals surface area contributed by atoms with Crippen LogP contribution in [-0.4, -0.2) is 15.0 Å². The van der Waals surface area contributed by atoms with E-state index in [1.807, 2.05) is 12.3 Å². The van der Waals surface area contributed by atoms with Crippen molar-refractivity contribution in [1.29, 1.82) is 0 Å². The number of rotatable bonds is 5. The van der Waals surface area contributed by atoms with Crippen LogP contribution in [0.5, 0.6) is 0 Å². The number of aromatic nitrogens is 3. The van der Waals surface area contributed by atoms with Crippen LogP contribution in [0.3, 0.4) is 0 Å². The highest BCUT2D eigenvalue weighted by Crippen LogP contribution is 2.12. The fraction of sp³-hybridized carbons (Fsp3) is 0.357. The monoisotopic (exact) mass is 257 g/mol. The topological polar surface area (TPSA) is 76.7 Å². The van der Waals surface area contributed by atoms with Gasteiger partial charge in [-0.2, -0.15) is 0 Å². The Morgan fingerprint density at radius 3 is 2.89 bits per heavy atom. The second-order valence-corrected chi connectivity index (χ2v) is 4.50. The summed E-state index contributed by atoms with van der Waals surface area (Å²) in [6.07, 6.45) is 5.50. The van der Waals surface area contributed by atoms with Gasteiger partial charge in [0.15, 0.2) is 0 Å². The molecule has 0 amide bonds. The van der Waals surface area contributed by atoms with E-state index < -0.39 is 0 Å². The van der Waals surface area contributed by atoms with Crippen LogP contribution in [0.25, 0.3) is 0 Å². The van der Waals surface area contributed by atoms with Gasteiger partial charge in [-0.1, -0.05) is 6.92 Å². The van der Waals surface area contributed by atoms with Crippen LogP contribution in [0, 0.1) is 6.92 Å². The van der Waals surface area contributed by atoms with E-state index in [0.29, 0.717) is 12.4 Å². The molecule has 5 heteroatoms. The Bertz CT molecular complexity index is 553. The van der Waals surface area contributed by atoms with Crippen LogP contribution in [0.15, 0.2) is 24.5 Å². The van der Waals surface area contributed by atoms with E-state index in [1.54, 1.807) is 12.3 Å². The lowest BCUT2D eigenvalue weighted by molar-refractivity contribution is 0.836. The maximum atomic E-state index is 5.79. The SMILES string of the molecule is CCCc1nc(N)cc(NCc2cnccc2C)n1. The van der Waals surface area contributed by atoms with Crippen molar-refractivity contribution < 1.29 is 0 Å². The standard InChI is InChI=1S/C14H19N5/c1-3-4-13-18-12(15)7-14(19-13)17-9-11-8-16-6-5-10(11)2/h5-8H,3-4,9H2,1-2H3,(H3,15,17,18,19). The van der Waals surface area contributed by atoms with Crippen molar-refractivity contribution in [2.24, 2.45) is 0 Å². The van der Waals surface area contributed by atoms with Gasteiger partial charge in [0, 0.05) is 31.4 Å². The fourth-order valence-corrected chi connectivity index (χ4v) is 1.81. The molecule has 0 fully saturated rings. The zero-order valence-corrected chi connectivity index (χ0v) is 11.3. The van der Waals surface area contributed by atoms with Crippen LogP contribution >= 0.6 is 0 Å². The van der Waals surface area contributed by atoms with Gasteiger partial charge in [0.05, 0.1) is 0 Å². The number of nitrogens with zero attached hydrogens (tertiary/aromatic N) is 3. The fourth-order valence-electron chi connectivity index (χ4n) is 1.81. The summed E-state index contributed by atoms with van der Waals surface area (Å²) in [6, 6.07) is 3.75. The van der Waals surface area contributed by atoms with Gasteiger partial charge < -0.3 is 11.1 Å². The average molecular weight is 257 g/mol. The highest BCUT2D eigenvalue weighted by molar-refractivity contribution is 5.45. The minimum atomic E-state index is 0.504. The van der Waals surface area contributed by atoms with Crippen molar-refractivity contribution >= 4 is 11.6 Å². The van der Waals surface area contributed by atoms with E-state index in [9.17, 15) is 0 Å². The van der Waals surface area contributed by atoms with E-state index in [4.69, 9.17) is 5.73 Å². The molecule has 0 radical (unpaired) electrons. The predicted octanol–water partition coefficient (Wildman–Crippen LogP) is 2.33. The number of hydrogen-bond acceptors (Lipinski definition) is 5. The zero-order valence-electron chi connectivity index (χ0n) is 11.3. The number of nitrogens with one attached hydrogen (secondary N) is 1. The lowest BCUT2D eigenvalue weighted by atomic mass is 10.1. The molecule has 0 aliphatic rings. The summed E-state index contributed by atoms with van der Waals surface area (Å²) in [5.74, 6) is 2.05. The third-order valence-electron chi connectivity index (χ3n) is 2.87. The molecular formula is C14H19N5. The maximum Gasteiger partial charge on any atom is 0.133 e. The Hall–Kier alpha value is -2.17. The van der Waals surface area contributed by atoms with Crippen LogP contribution < -0.4 is 11.1 Å². The molecule has 2 aromatic rings. The molecule has 2 rings (SSSR count). The molecule has 100 valence electrons. The van der Waals surface area contributed by atoms with Gasteiger partial charge >= 0.3 is 0 Å². The molecule has 0 atom stereocenters. The maximum absolute atomic E-state index is 5.79. The first-order valence-electron chi connectivity index (χ1n) is 6.46. The molecule has 0 spiro atoms. The summed E-state index contributed by atoms with van der Waals surface area (Å²) < 4.78 is 0. The van der Waals surface area contributed by atoms with Crippen LogP contribution in [-0.2, 0) is 13.0 Å². The van der Waals surface area contributed by atoms with E-state index >= 15 is 0 Å². The predicted molar refractivity (Wildman–Crippen MR) is 76.7 cm³/mol. The van der Waals surface area contributed by atoms with Crippen molar-refractivity contribution in [3.05, 3.63) is 41.5 Å². The molecule has 19 heavy (non-hydrogen) atoms. The molecule has 0 bridgehead atoms. The van der Waals surface area contributed by atoms with E-state index in [0.717, 1.165) is 30.0 Å². The molecule has 2 aromatic heterocycles. The van der Waals surface area contributed by atoms with Gasteiger partial charge in [-0.25, -0.2) is 9.97 Å². The van der Waals surface area contributed by atoms with Gasteiger partial charge in [0.1, 0.15) is 17.5 Å². The van der Waals surface area contributed by atoms with Crippen molar-refractivity contribution in [3.63, 3.8) is 0 Å². The van der Waals surface area contributed by atoms with Gasteiger partial charge in [0.25, 0.3) is 0 Å².